The van der Waals surface area contributed by atoms with Crippen molar-refractivity contribution in [3.05, 3.63) is 12.7 Å². The number of rotatable bonds is 2. The molecule has 1 unspecified atom stereocenters. The third-order valence-corrected chi connectivity index (χ3v) is 1.13. The van der Waals surface area contributed by atoms with Gasteiger partial charge in [-0.2, -0.15) is 22.0 Å². The minimum Gasteiger partial charge on any atom is -0.333 e. The molecule has 0 aromatic carbocycles. The highest BCUT2D eigenvalue weighted by atomic mass is 19.4. The Kier molecular flexibility index (Phi) is 2.49. The van der Waals surface area contributed by atoms with E-state index in [0.717, 1.165) is 0 Å². The average molecular weight is 194 g/mol. The van der Waals surface area contributed by atoms with E-state index in [2.05, 4.69) is 6.58 Å². The van der Waals surface area contributed by atoms with E-state index in [1.54, 1.807) is 0 Å². The average Bonchev–Trinajstić information content (AvgIpc) is 1.81. The fraction of sp³-hybridized carbons (Fsp3) is 0.600. The van der Waals surface area contributed by atoms with Gasteiger partial charge in [-0.3, -0.25) is 0 Å². The maximum Gasteiger partial charge on any atom is 0.434 e. The molecule has 72 valence electrons. The lowest BCUT2D eigenvalue weighted by atomic mass is 10.1. The molecule has 1 N–H and O–H groups in total. The van der Waals surface area contributed by atoms with Crippen molar-refractivity contribution in [2.45, 2.75) is 18.0 Å². The summed E-state index contributed by atoms with van der Waals surface area (Å²) < 4.78 is 70.1. The molecule has 0 fully saturated rings. The molecule has 1 atom stereocenters. The van der Waals surface area contributed by atoms with E-state index in [1.807, 2.05) is 0 Å². The van der Waals surface area contributed by atoms with Crippen LogP contribution in [0.4, 0.5) is 26.3 Å². The largest absolute Gasteiger partial charge is 0.434 e. The van der Waals surface area contributed by atoms with Gasteiger partial charge in [0.05, 0.1) is 0 Å². The molecule has 7 heteroatoms. The van der Waals surface area contributed by atoms with Gasteiger partial charge in [-0.1, -0.05) is 6.58 Å². The summed E-state index contributed by atoms with van der Waals surface area (Å²) in [6.45, 7) is 2.23. The topological polar surface area (TPSA) is 20.2 Å². The van der Waals surface area contributed by atoms with Gasteiger partial charge in [0.2, 0.25) is 0 Å². The maximum absolute atomic E-state index is 12.3. The van der Waals surface area contributed by atoms with Gasteiger partial charge in [0.1, 0.15) is 0 Å². The minimum atomic E-state index is -5.90. The van der Waals surface area contributed by atoms with E-state index >= 15 is 0 Å². The molecular weight excluding hydrogens is 190 g/mol. The van der Waals surface area contributed by atoms with E-state index in [0.29, 0.717) is 0 Å². The Bertz CT molecular complexity index is 163. The number of hydrogen-bond donors (Lipinski definition) is 1. The Labute approximate surface area is 63.3 Å². The first kappa shape index (κ1) is 11.3. The van der Waals surface area contributed by atoms with Crippen LogP contribution < -0.4 is 0 Å². The highest BCUT2D eigenvalue weighted by Crippen LogP contribution is 2.44. The van der Waals surface area contributed by atoms with E-state index in [4.69, 9.17) is 5.11 Å². The van der Waals surface area contributed by atoms with Crippen LogP contribution in [0.1, 0.15) is 0 Å². The van der Waals surface area contributed by atoms with Gasteiger partial charge in [-0.15, -0.1) is 0 Å². The summed E-state index contributed by atoms with van der Waals surface area (Å²) in [5, 5.41) is 7.57. The first-order valence-electron chi connectivity index (χ1n) is 2.55. The van der Waals surface area contributed by atoms with Crippen molar-refractivity contribution >= 4 is 0 Å². The second kappa shape index (κ2) is 2.65. The Morgan fingerprint density at radius 1 is 1.00 bits per heavy atom. The maximum atomic E-state index is 12.3. The van der Waals surface area contributed by atoms with Crippen LogP contribution in [0.15, 0.2) is 12.7 Å². The number of alkyl halides is 6. The van der Waals surface area contributed by atoms with Crippen LogP contribution in [0, 0.1) is 0 Å². The van der Waals surface area contributed by atoms with Crippen molar-refractivity contribution in [1.82, 2.24) is 0 Å². The summed E-state index contributed by atoms with van der Waals surface area (Å²) in [6, 6.07) is 0. The number of halogens is 6. The molecule has 0 aliphatic heterocycles. The summed E-state index contributed by atoms with van der Waals surface area (Å²) in [7, 11) is 0. The van der Waals surface area contributed by atoms with Gasteiger partial charge in [-0.25, -0.2) is 4.39 Å². The predicted octanol–water partition coefficient (Wildman–Crippen LogP) is 2.03. The van der Waals surface area contributed by atoms with Gasteiger partial charge < -0.3 is 5.11 Å². The van der Waals surface area contributed by atoms with Crippen LogP contribution in [0.5, 0.6) is 0 Å². The molecule has 12 heavy (non-hydrogen) atoms. The van der Waals surface area contributed by atoms with Crippen molar-refractivity contribution < 1.29 is 31.4 Å². The lowest BCUT2D eigenvalue weighted by molar-refractivity contribution is -0.350. The summed E-state index contributed by atoms with van der Waals surface area (Å²) in [5.41, 5.74) is -5.10. The molecule has 0 aliphatic carbocycles. The normalized spacial score (nSPS) is 18.6. The second-order valence-corrected chi connectivity index (χ2v) is 1.95. The van der Waals surface area contributed by atoms with E-state index in [-0.39, 0.29) is 0 Å². The van der Waals surface area contributed by atoms with Crippen LogP contribution in [-0.2, 0) is 0 Å². The Morgan fingerprint density at radius 3 is 1.33 bits per heavy atom. The first-order chi connectivity index (χ1) is 5.06. The quantitative estimate of drug-likeness (QED) is 0.526. The standard InChI is InChI=1S/C5H4F6O/c1-2-3(6,4(7,8)9)5(10,11)12/h2,12H,1H2. The van der Waals surface area contributed by atoms with Crippen molar-refractivity contribution in [1.29, 1.82) is 0 Å². The summed E-state index contributed by atoms with van der Waals surface area (Å²) in [6.07, 6.45) is -12.1. The lowest BCUT2D eigenvalue weighted by Gasteiger charge is -2.27. The van der Waals surface area contributed by atoms with Crippen LogP contribution in [0.3, 0.4) is 0 Å². The molecule has 0 aliphatic rings. The monoisotopic (exact) mass is 194 g/mol. The summed E-state index contributed by atoms with van der Waals surface area (Å²) >= 11 is 0. The molecule has 0 heterocycles. The fourth-order valence-corrected chi connectivity index (χ4v) is 0.409. The highest BCUT2D eigenvalue weighted by molar-refractivity contribution is 5.07. The molecule has 0 rings (SSSR count). The third-order valence-electron chi connectivity index (χ3n) is 1.13. The van der Waals surface area contributed by atoms with Gasteiger partial charge in [0, 0.05) is 0 Å². The molecule has 0 aromatic rings. The molecule has 1 nitrogen and oxygen atoms in total. The van der Waals surface area contributed by atoms with Crippen LogP contribution in [-0.4, -0.2) is 23.1 Å². The van der Waals surface area contributed by atoms with Crippen LogP contribution in [0.2, 0.25) is 0 Å². The van der Waals surface area contributed by atoms with Gasteiger partial charge in [-0.05, 0) is 6.08 Å². The van der Waals surface area contributed by atoms with Crippen molar-refractivity contribution in [2.24, 2.45) is 0 Å². The van der Waals surface area contributed by atoms with Gasteiger partial charge in [0.25, 0.3) is 0 Å². The molecule has 0 saturated carbocycles. The second-order valence-electron chi connectivity index (χ2n) is 1.95. The molecule has 0 bridgehead atoms. The molecule has 0 spiro atoms. The van der Waals surface area contributed by atoms with Crippen LogP contribution in [0.25, 0.3) is 0 Å². The number of hydrogen-bond acceptors (Lipinski definition) is 1. The van der Waals surface area contributed by atoms with E-state index in [9.17, 15) is 26.3 Å². The zero-order valence-corrected chi connectivity index (χ0v) is 5.50. The van der Waals surface area contributed by atoms with Crippen molar-refractivity contribution in [2.75, 3.05) is 0 Å². The Balaban J connectivity index is 5.09. The summed E-state index contributed by atoms with van der Waals surface area (Å²) in [4.78, 5) is 0. The Morgan fingerprint density at radius 2 is 1.33 bits per heavy atom. The lowest BCUT2D eigenvalue weighted by Crippen LogP contribution is -2.53. The smallest absolute Gasteiger partial charge is 0.333 e. The van der Waals surface area contributed by atoms with Gasteiger partial charge in [0.15, 0.2) is 0 Å². The number of aliphatic hydroxyl groups is 1. The Hall–Kier alpha value is -0.720. The zero-order valence-electron chi connectivity index (χ0n) is 5.50. The highest BCUT2D eigenvalue weighted by Gasteiger charge is 2.69. The first-order valence-corrected chi connectivity index (χ1v) is 2.55. The SMILES string of the molecule is C=CC(F)(C(O)(F)F)C(F)(F)F. The molecule has 0 amide bonds. The van der Waals surface area contributed by atoms with Gasteiger partial charge >= 0.3 is 18.0 Å². The van der Waals surface area contributed by atoms with Crippen molar-refractivity contribution in [3.8, 4) is 0 Å². The summed E-state index contributed by atoms with van der Waals surface area (Å²) in [5.74, 6) is 0. The fourth-order valence-electron chi connectivity index (χ4n) is 0.409. The molecule has 0 aromatic heterocycles. The minimum absolute atomic E-state index is 0.688. The molecule has 0 saturated heterocycles. The third kappa shape index (κ3) is 1.55. The molecule has 0 radical (unpaired) electrons. The predicted molar refractivity (Wildman–Crippen MR) is 27.3 cm³/mol. The van der Waals surface area contributed by atoms with E-state index in [1.165, 1.54) is 0 Å². The van der Waals surface area contributed by atoms with Crippen LogP contribution >= 0.6 is 0 Å². The van der Waals surface area contributed by atoms with E-state index < -0.39 is 24.0 Å². The van der Waals surface area contributed by atoms with Crippen molar-refractivity contribution in [3.63, 3.8) is 0 Å². The zero-order chi connectivity index (χ0) is 10.2. The molecular formula is C5H4F6O.